The Morgan fingerprint density at radius 3 is 2.44 bits per heavy atom. The van der Waals surface area contributed by atoms with E-state index in [1.165, 1.54) is 11.8 Å². The van der Waals surface area contributed by atoms with Gasteiger partial charge in [0.25, 0.3) is 0 Å². The van der Waals surface area contributed by atoms with Crippen LogP contribution in [0.5, 0.6) is 0 Å². The predicted octanol–water partition coefficient (Wildman–Crippen LogP) is 0.785. The van der Waals surface area contributed by atoms with Crippen molar-refractivity contribution >= 4 is 23.6 Å². The van der Waals surface area contributed by atoms with E-state index in [0.717, 1.165) is 0 Å². The smallest absolute Gasteiger partial charge is 0.323 e. The molecule has 0 rings (SSSR count). The van der Waals surface area contributed by atoms with Gasteiger partial charge in [0, 0.05) is 18.3 Å². The molecule has 0 aliphatic carbocycles. The number of hydrogen-bond donors (Lipinski definition) is 2. The van der Waals surface area contributed by atoms with E-state index in [1.807, 2.05) is 20.8 Å². The predicted molar refractivity (Wildman–Crippen MR) is 74.7 cm³/mol. The van der Waals surface area contributed by atoms with E-state index < -0.39 is 0 Å². The Balaban J connectivity index is 4.08. The minimum Gasteiger partial charge on any atom is -0.465 e. The normalized spacial score (nSPS) is 12.3. The number of hydrogen-bond acceptors (Lipinski definition) is 5. The summed E-state index contributed by atoms with van der Waals surface area (Å²) >= 11 is 1.43. The van der Waals surface area contributed by atoms with E-state index in [4.69, 9.17) is 4.74 Å². The van der Waals surface area contributed by atoms with Gasteiger partial charge in [-0.2, -0.15) is 0 Å². The van der Waals surface area contributed by atoms with Crippen LogP contribution in [0.3, 0.4) is 0 Å². The fourth-order valence-corrected chi connectivity index (χ4v) is 2.22. The van der Waals surface area contributed by atoms with Crippen molar-refractivity contribution in [2.45, 2.75) is 39.8 Å². The van der Waals surface area contributed by atoms with Crippen molar-refractivity contribution < 1.29 is 14.3 Å². The summed E-state index contributed by atoms with van der Waals surface area (Å²) in [7, 11) is 0. The lowest BCUT2D eigenvalue weighted by Crippen LogP contribution is -2.44. The summed E-state index contributed by atoms with van der Waals surface area (Å²) in [4.78, 5) is 23.0. The average molecular weight is 276 g/mol. The molecule has 0 aromatic heterocycles. The molecule has 2 N–H and O–H groups in total. The van der Waals surface area contributed by atoms with Crippen LogP contribution in [0.1, 0.15) is 27.7 Å². The Morgan fingerprint density at radius 2 is 1.94 bits per heavy atom. The van der Waals surface area contributed by atoms with Crippen molar-refractivity contribution in [3.8, 4) is 0 Å². The number of carbonyl (C=O) groups is 2. The summed E-state index contributed by atoms with van der Waals surface area (Å²) in [5, 5.41) is 5.86. The van der Waals surface area contributed by atoms with Crippen LogP contribution in [0, 0.1) is 0 Å². The number of amides is 1. The summed E-state index contributed by atoms with van der Waals surface area (Å²) in [6.07, 6.45) is 0. The molecule has 1 atom stereocenters. The molecule has 1 amide bonds. The third kappa shape index (κ3) is 8.36. The fourth-order valence-electron chi connectivity index (χ4n) is 1.35. The first-order chi connectivity index (χ1) is 8.51. The van der Waals surface area contributed by atoms with Crippen LogP contribution >= 0.6 is 11.8 Å². The maximum Gasteiger partial charge on any atom is 0.323 e. The molecule has 1 unspecified atom stereocenters. The summed E-state index contributed by atoms with van der Waals surface area (Å²) in [6, 6.07) is -0.158. The molecular formula is C12H24N2O3S. The van der Waals surface area contributed by atoms with E-state index >= 15 is 0 Å². The Morgan fingerprint density at radius 1 is 1.28 bits per heavy atom. The topological polar surface area (TPSA) is 67.4 Å². The lowest BCUT2D eigenvalue weighted by atomic mass is 10.3. The van der Waals surface area contributed by atoms with E-state index in [2.05, 4.69) is 10.6 Å². The van der Waals surface area contributed by atoms with Crippen molar-refractivity contribution in [2.75, 3.05) is 24.7 Å². The third-order valence-electron chi connectivity index (χ3n) is 2.00. The van der Waals surface area contributed by atoms with Gasteiger partial charge in [-0.05, 0) is 13.8 Å². The van der Waals surface area contributed by atoms with Crippen molar-refractivity contribution in [2.24, 2.45) is 0 Å². The number of thioether (sulfide) groups is 1. The lowest BCUT2D eigenvalue weighted by molar-refractivity contribution is -0.145. The zero-order valence-corrected chi connectivity index (χ0v) is 12.4. The van der Waals surface area contributed by atoms with Gasteiger partial charge in [-0.25, -0.2) is 0 Å². The zero-order valence-electron chi connectivity index (χ0n) is 11.6. The molecule has 0 spiro atoms. The standard InChI is InChI=1S/C12H24N2O3S/c1-5-13-11(15)8-18-7-10(14-9(3)4)12(16)17-6-2/h9-10,14H,5-8H2,1-4H3,(H,13,15). The second kappa shape index (κ2) is 10.2. The van der Waals surface area contributed by atoms with E-state index in [-0.39, 0.29) is 24.0 Å². The first-order valence-corrected chi connectivity index (χ1v) is 7.43. The Labute approximate surface area is 113 Å². The minimum absolute atomic E-state index is 0.00495. The summed E-state index contributed by atoms with van der Waals surface area (Å²) < 4.78 is 4.99. The van der Waals surface area contributed by atoms with Crippen LogP contribution in [0.15, 0.2) is 0 Å². The molecule has 0 heterocycles. The second-order valence-electron chi connectivity index (χ2n) is 4.09. The highest BCUT2D eigenvalue weighted by atomic mass is 32.2. The quantitative estimate of drug-likeness (QED) is 0.609. The maximum atomic E-state index is 11.7. The number of ether oxygens (including phenoxy) is 1. The molecule has 5 nitrogen and oxygen atoms in total. The van der Waals surface area contributed by atoms with Gasteiger partial charge in [-0.15, -0.1) is 11.8 Å². The van der Waals surface area contributed by atoms with Crippen molar-refractivity contribution in [1.29, 1.82) is 0 Å². The van der Waals surface area contributed by atoms with Gasteiger partial charge in [0.1, 0.15) is 6.04 Å². The third-order valence-corrected chi connectivity index (χ3v) is 3.03. The first-order valence-electron chi connectivity index (χ1n) is 6.28. The SMILES string of the molecule is CCNC(=O)CSCC(NC(C)C)C(=O)OCC. The highest BCUT2D eigenvalue weighted by Crippen LogP contribution is 2.05. The van der Waals surface area contributed by atoms with Gasteiger partial charge in [-0.1, -0.05) is 13.8 Å². The molecule has 0 saturated carbocycles. The maximum absolute atomic E-state index is 11.7. The minimum atomic E-state index is -0.357. The van der Waals surface area contributed by atoms with Gasteiger partial charge in [0.15, 0.2) is 0 Å². The molecule has 0 aliphatic rings. The van der Waals surface area contributed by atoms with Crippen LogP contribution in [0.4, 0.5) is 0 Å². The monoisotopic (exact) mass is 276 g/mol. The van der Waals surface area contributed by atoms with Gasteiger partial charge in [0.05, 0.1) is 12.4 Å². The van der Waals surface area contributed by atoms with Crippen molar-refractivity contribution in [1.82, 2.24) is 10.6 Å². The average Bonchev–Trinajstić information content (AvgIpc) is 2.28. The molecular weight excluding hydrogens is 252 g/mol. The molecule has 0 bridgehead atoms. The highest BCUT2D eigenvalue weighted by molar-refractivity contribution is 8.00. The van der Waals surface area contributed by atoms with Crippen LogP contribution in [0.25, 0.3) is 0 Å². The molecule has 106 valence electrons. The van der Waals surface area contributed by atoms with E-state index in [9.17, 15) is 9.59 Å². The van der Waals surface area contributed by atoms with Crippen LogP contribution < -0.4 is 10.6 Å². The zero-order chi connectivity index (χ0) is 14.0. The number of carbonyl (C=O) groups excluding carboxylic acids is 2. The fraction of sp³-hybridized carbons (Fsp3) is 0.833. The van der Waals surface area contributed by atoms with Crippen LogP contribution in [-0.4, -0.2) is 48.6 Å². The number of nitrogens with one attached hydrogen (secondary N) is 2. The first kappa shape index (κ1) is 17.2. The molecule has 0 aromatic carbocycles. The molecule has 0 aromatic rings. The summed E-state index contributed by atoms with van der Waals surface area (Å²) in [6.45, 7) is 8.61. The van der Waals surface area contributed by atoms with E-state index in [1.54, 1.807) is 6.92 Å². The second-order valence-corrected chi connectivity index (χ2v) is 5.12. The van der Waals surface area contributed by atoms with Gasteiger partial charge in [0.2, 0.25) is 5.91 Å². The number of rotatable bonds is 9. The highest BCUT2D eigenvalue weighted by Gasteiger charge is 2.20. The van der Waals surface area contributed by atoms with E-state index in [0.29, 0.717) is 24.7 Å². The molecule has 18 heavy (non-hydrogen) atoms. The summed E-state index contributed by atoms with van der Waals surface area (Å²) in [5.41, 5.74) is 0. The molecule has 0 radical (unpaired) electrons. The van der Waals surface area contributed by atoms with Gasteiger partial charge >= 0.3 is 5.97 Å². The van der Waals surface area contributed by atoms with Gasteiger partial charge < -0.3 is 15.4 Å². The van der Waals surface area contributed by atoms with Crippen LogP contribution in [0.2, 0.25) is 0 Å². The Bertz CT molecular complexity index is 260. The van der Waals surface area contributed by atoms with Crippen molar-refractivity contribution in [3.05, 3.63) is 0 Å². The molecule has 0 aliphatic heterocycles. The lowest BCUT2D eigenvalue weighted by Gasteiger charge is -2.19. The Kier molecular flexibility index (Phi) is 9.77. The largest absolute Gasteiger partial charge is 0.465 e. The molecule has 0 fully saturated rings. The summed E-state index contributed by atoms with van der Waals surface area (Å²) in [5.74, 6) is 0.641. The van der Waals surface area contributed by atoms with Gasteiger partial charge in [-0.3, -0.25) is 9.59 Å². The Hall–Kier alpha value is -0.750. The molecule has 0 saturated heterocycles. The van der Waals surface area contributed by atoms with Crippen molar-refractivity contribution in [3.63, 3.8) is 0 Å². The van der Waals surface area contributed by atoms with Crippen LogP contribution in [-0.2, 0) is 14.3 Å². The molecule has 6 heteroatoms. The number of esters is 1.